The summed E-state index contributed by atoms with van der Waals surface area (Å²) in [6.45, 7) is 2.73. The number of rotatable bonds is 9. The van der Waals surface area contributed by atoms with Crippen LogP contribution in [0.15, 0.2) is 121 Å². The zero-order chi connectivity index (χ0) is 35.8. The molecule has 4 aromatic carbocycles. The Bertz CT molecular complexity index is 2610. The summed E-state index contributed by atoms with van der Waals surface area (Å²) in [7, 11) is 0. The van der Waals surface area contributed by atoms with Gasteiger partial charge in [-0.15, -0.1) is 16.4 Å². The van der Waals surface area contributed by atoms with E-state index in [-0.39, 0.29) is 23.2 Å². The number of nitrogens with one attached hydrogen (secondary N) is 2. The molecule has 0 atom stereocenters. The second-order valence-corrected chi connectivity index (χ2v) is 13.2. The minimum absolute atomic E-state index is 0.121. The van der Waals surface area contributed by atoms with Crippen molar-refractivity contribution in [1.82, 2.24) is 24.3 Å². The van der Waals surface area contributed by atoms with E-state index in [1.54, 1.807) is 49.0 Å². The Labute approximate surface area is 300 Å². The maximum absolute atomic E-state index is 13.6. The largest absolute Gasteiger partial charge is 0.341 e. The molecule has 12 heteroatoms. The lowest BCUT2D eigenvalue weighted by Crippen LogP contribution is -2.14. The van der Waals surface area contributed by atoms with Crippen LogP contribution in [0.2, 0.25) is 0 Å². The molecule has 8 aromatic rings. The zero-order valence-electron chi connectivity index (χ0n) is 27.7. The molecule has 256 valence electrons. The van der Waals surface area contributed by atoms with E-state index in [4.69, 9.17) is 0 Å². The Morgan fingerprint density at radius 3 is 1.98 bits per heavy atom. The van der Waals surface area contributed by atoms with Gasteiger partial charge in [-0.25, -0.2) is 13.8 Å². The van der Waals surface area contributed by atoms with Gasteiger partial charge in [0, 0.05) is 41.8 Å². The van der Waals surface area contributed by atoms with Gasteiger partial charge in [0.2, 0.25) is 0 Å². The molecule has 2 N–H and O–H groups in total. The highest BCUT2D eigenvalue weighted by Gasteiger charge is 2.19. The summed E-state index contributed by atoms with van der Waals surface area (Å²) in [5.74, 6) is -1.31. The van der Waals surface area contributed by atoms with Crippen LogP contribution < -0.4 is 10.6 Å². The van der Waals surface area contributed by atoms with Crippen LogP contribution in [0.25, 0.3) is 32.9 Å². The lowest BCUT2D eigenvalue weighted by Gasteiger charge is -2.08. The molecule has 2 amide bonds. The van der Waals surface area contributed by atoms with Gasteiger partial charge in [-0.2, -0.15) is 5.10 Å². The molecular weight excluding hydrogens is 681 g/mol. The predicted octanol–water partition coefficient (Wildman–Crippen LogP) is 8.70. The highest BCUT2D eigenvalue weighted by Crippen LogP contribution is 2.33. The fraction of sp³-hybridized carbons (Fsp3) is 0.0750. The molecule has 8 rings (SSSR count). The van der Waals surface area contributed by atoms with Gasteiger partial charge in [0.15, 0.2) is 5.69 Å². The van der Waals surface area contributed by atoms with Gasteiger partial charge in [0.1, 0.15) is 16.5 Å². The van der Waals surface area contributed by atoms with Gasteiger partial charge in [-0.3, -0.25) is 9.59 Å². The van der Waals surface area contributed by atoms with Crippen LogP contribution in [0.1, 0.15) is 37.0 Å². The lowest BCUT2D eigenvalue weighted by molar-refractivity contribution is 0.101. The van der Waals surface area contributed by atoms with Crippen LogP contribution in [-0.2, 0) is 13.1 Å². The van der Waals surface area contributed by atoms with Gasteiger partial charge < -0.3 is 19.8 Å². The van der Waals surface area contributed by atoms with Crippen LogP contribution in [0.3, 0.4) is 0 Å². The molecule has 0 fully saturated rings. The Hall–Kier alpha value is -6.53. The first kappa shape index (κ1) is 32.7. The van der Waals surface area contributed by atoms with Crippen molar-refractivity contribution in [3.05, 3.63) is 160 Å². The van der Waals surface area contributed by atoms with Crippen molar-refractivity contribution < 1.29 is 18.4 Å². The smallest absolute Gasteiger partial charge is 0.276 e. The average molecular weight is 710 g/mol. The molecule has 0 unspecified atom stereocenters. The Balaban J connectivity index is 1.10. The van der Waals surface area contributed by atoms with E-state index in [0.717, 1.165) is 38.5 Å². The number of amides is 2. The summed E-state index contributed by atoms with van der Waals surface area (Å²) in [6.07, 6.45) is 5.31. The number of nitrogens with zero attached hydrogens (tertiary/aromatic N) is 5. The predicted molar refractivity (Wildman–Crippen MR) is 199 cm³/mol. The Morgan fingerprint density at radius 1 is 0.712 bits per heavy atom. The number of carbonyl (C=O) groups is 2. The van der Waals surface area contributed by atoms with E-state index in [1.165, 1.54) is 35.6 Å². The quantitative estimate of drug-likeness (QED) is 0.156. The summed E-state index contributed by atoms with van der Waals surface area (Å²) in [5, 5.41) is 16.0. The standard InChI is InChI=1S/C40H29F2N7O2S/c1-24-38(52-23-43-24)40(51)46-35-22-49(20-26-8-13-30(42)14-9-26)37-15-10-27(16-32(35)37)28-17-33(47-44-18-28)39(50)45-34-21-48(36-5-3-2-4-31(34)36)19-25-6-11-29(41)12-7-25/h2-18,21-23H,19-20H2,1H3,(H,45,50)(H,46,51). The normalized spacial score (nSPS) is 11.3. The topological polar surface area (TPSA) is 107 Å². The fourth-order valence-corrected chi connectivity index (χ4v) is 6.98. The minimum atomic E-state index is -0.432. The second kappa shape index (κ2) is 13.6. The van der Waals surface area contributed by atoms with E-state index >= 15 is 0 Å². The van der Waals surface area contributed by atoms with Gasteiger partial charge in [0.25, 0.3) is 11.8 Å². The van der Waals surface area contributed by atoms with E-state index in [9.17, 15) is 18.4 Å². The highest BCUT2D eigenvalue weighted by molar-refractivity contribution is 7.12. The molecule has 52 heavy (non-hydrogen) atoms. The number of aryl methyl sites for hydroxylation is 1. The van der Waals surface area contributed by atoms with Crippen molar-refractivity contribution in [1.29, 1.82) is 0 Å². The third-order valence-corrected chi connectivity index (χ3v) is 9.80. The first-order valence-electron chi connectivity index (χ1n) is 16.3. The molecule has 0 saturated heterocycles. The molecule has 0 bridgehead atoms. The Morgan fingerprint density at radius 2 is 1.33 bits per heavy atom. The summed E-state index contributed by atoms with van der Waals surface area (Å²) < 4.78 is 31.1. The minimum Gasteiger partial charge on any atom is -0.341 e. The monoisotopic (exact) mass is 709 g/mol. The number of thiazole rings is 1. The van der Waals surface area contributed by atoms with Crippen LogP contribution in [0, 0.1) is 18.6 Å². The van der Waals surface area contributed by atoms with Crippen molar-refractivity contribution in [2.24, 2.45) is 0 Å². The number of benzene rings is 4. The van der Waals surface area contributed by atoms with Crippen LogP contribution in [-0.4, -0.2) is 36.1 Å². The average Bonchev–Trinajstić information content (AvgIpc) is 3.85. The Kier molecular flexibility index (Phi) is 8.57. The van der Waals surface area contributed by atoms with Crippen molar-refractivity contribution in [3.63, 3.8) is 0 Å². The zero-order valence-corrected chi connectivity index (χ0v) is 28.5. The third-order valence-electron chi connectivity index (χ3n) is 8.87. The van der Waals surface area contributed by atoms with Crippen LogP contribution >= 0.6 is 11.3 Å². The summed E-state index contributed by atoms with van der Waals surface area (Å²) in [4.78, 5) is 31.6. The van der Waals surface area contributed by atoms with E-state index in [0.29, 0.717) is 40.6 Å². The van der Waals surface area contributed by atoms with Crippen molar-refractivity contribution in [2.75, 3.05) is 10.6 Å². The number of hydrogen-bond donors (Lipinski definition) is 2. The van der Waals surface area contributed by atoms with Gasteiger partial charge in [0.05, 0.1) is 39.8 Å². The maximum Gasteiger partial charge on any atom is 0.276 e. The van der Waals surface area contributed by atoms with Gasteiger partial charge in [-0.1, -0.05) is 48.5 Å². The molecule has 0 aliphatic carbocycles. The van der Waals surface area contributed by atoms with Gasteiger partial charge >= 0.3 is 0 Å². The van der Waals surface area contributed by atoms with Gasteiger partial charge in [-0.05, 0) is 72.1 Å². The summed E-state index contributed by atoms with van der Waals surface area (Å²) >= 11 is 1.27. The van der Waals surface area contributed by atoms with Crippen LogP contribution in [0.5, 0.6) is 0 Å². The number of para-hydroxylation sites is 1. The molecule has 0 spiro atoms. The van der Waals surface area contributed by atoms with E-state index in [1.807, 2.05) is 64.0 Å². The maximum atomic E-state index is 13.6. The molecule has 0 aliphatic heterocycles. The summed E-state index contributed by atoms with van der Waals surface area (Å²) in [6, 6.07) is 27.8. The number of aromatic nitrogens is 5. The number of hydrogen-bond acceptors (Lipinski definition) is 6. The number of fused-ring (bicyclic) bond motifs is 2. The third kappa shape index (κ3) is 6.54. The first-order chi connectivity index (χ1) is 25.3. The van der Waals surface area contributed by atoms with Crippen LogP contribution in [0.4, 0.5) is 20.2 Å². The molecule has 4 heterocycles. The second-order valence-electron chi connectivity index (χ2n) is 12.3. The number of halogens is 2. The fourth-order valence-electron chi connectivity index (χ4n) is 6.28. The number of anilines is 2. The van der Waals surface area contributed by atoms with E-state index in [2.05, 4.69) is 25.8 Å². The first-order valence-corrected chi connectivity index (χ1v) is 17.2. The summed E-state index contributed by atoms with van der Waals surface area (Å²) in [5.41, 5.74) is 8.59. The molecule has 9 nitrogen and oxygen atoms in total. The molecule has 0 radical (unpaired) electrons. The van der Waals surface area contributed by atoms with Crippen molar-refractivity contribution in [3.8, 4) is 11.1 Å². The van der Waals surface area contributed by atoms with E-state index < -0.39 is 5.91 Å². The highest BCUT2D eigenvalue weighted by atomic mass is 32.1. The SMILES string of the molecule is Cc1ncsc1C(=O)Nc1cn(Cc2ccc(F)cc2)c2ccc(-c3cnnc(C(=O)Nc4cn(Cc5ccc(F)cc5)c5ccccc45)c3)cc12. The van der Waals surface area contributed by atoms with Crippen molar-refractivity contribution in [2.45, 2.75) is 20.0 Å². The molecular formula is C40H29F2N7O2S. The lowest BCUT2D eigenvalue weighted by atomic mass is 10.0. The molecule has 0 aliphatic rings. The molecule has 0 saturated carbocycles. The number of carbonyl (C=O) groups excluding carboxylic acids is 2. The molecule has 4 aromatic heterocycles. The van der Waals surface area contributed by atoms with Crippen molar-refractivity contribution >= 4 is 56.3 Å².